The van der Waals surface area contributed by atoms with Crippen molar-refractivity contribution in [1.82, 2.24) is 9.80 Å². The molecule has 19 heavy (non-hydrogen) atoms. The minimum Gasteiger partial charge on any atom is -0.399 e. The van der Waals surface area contributed by atoms with Gasteiger partial charge in [0, 0.05) is 17.6 Å². The SMILES string of the molecule is CN(C)CCCN(C)CC1(c2ccc(N)cc2)CC1. The summed E-state index contributed by atoms with van der Waals surface area (Å²) >= 11 is 0. The zero-order valence-corrected chi connectivity index (χ0v) is 12.5. The monoisotopic (exact) mass is 261 g/mol. The summed E-state index contributed by atoms with van der Waals surface area (Å²) in [5, 5.41) is 0. The first-order valence-corrected chi connectivity index (χ1v) is 7.21. The number of hydrogen-bond acceptors (Lipinski definition) is 3. The predicted molar refractivity (Wildman–Crippen MR) is 82.4 cm³/mol. The molecular formula is C16H27N3. The first-order valence-electron chi connectivity index (χ1n) is 7.21. The van der Waals surface area contributed by atoms with Gasteiger partial charge in [0.2, 0.25) is 0 Å². The van der Waals surface area contributed by atoms with Crippen LogP contribution >= 0.6 is 0 Å². The van der Waals surface area contributed by atoms with Crippen LogP contribution in [0.4, 0.5) is 5.69 Å². The van der Waals surface area contributed by atoms with E-state index in [-0.39, 0.29) is 0 Å². The molecule has 3 heteroatoms. The van der Waals surface area contributed by atoms with Gasteiger partial charge in [0.1, 0.15) is 0 Å². The van der Waals surface area contributed by atoms with Crippen molar-refractivity contribution in [3.8, 4) is 0 Å². The average Bonchev–Trinajstić information content (AvgIpc) is 3.10. The highest BCUT2D eigenvalue weighted by atomic mass is 15.1. The molecule has 0 saturated heterocycles. The second-order valence-corrected chi connectivity index (χ2v) is 6.30. The fraction of sp³-hybridized carbons (Fsp3) is 0.625. The van der Waals surface area contributed by atoms with Gasteiger partial charge in [-0.15, -0.1) is 0 Å². The van der Waals surface area contributed by atoms with E-state index in [1.54, 1.807) is 0 Å². The van der Waals surface area contributed by atoms with Crippen molar-refractivity contribution in [1.29, 1.82) is 0 Å². The lowest BCUT2D eigenvalue weighted by molar-refractivity contribution is 0.278. The second kappa shape index (κ2) is 5.93. The van der Waals surface area contributed by atoms with E-state index in [0.29, 0.717) is 5.41 Å². The third-order valence-corrected chi connectivity index (χ3v) is 4.09. The minimum absolute atomic E-state index is 0.403. The molecule has 0 radical (unpaired) electrons. The second-order valence-electron chi connectivity index (χ2n) is 6.30. The van der Waals surface area contributed by atoms with Gasteiger partial charge in [-0.1, -0.05) is 12.1 Å². The van der Waals surface area contributed by atoms with Gasteiger partial charge in [0.05, 0.1) is 0 Å². The van der Waals surface area contributed by atoms with Crippen LogP contribution in [-0.4, -0.2) is 50.6 Å². The Hall–Kier alpha value is -1.06. The lowest BCUT2D eigenvalue weighted by atomic mass is 9.95. The van der Waals surface area contributed by atoms with E-state index in [1.165, 1.54) is 44.5 Å². The smallest absolute Gasteiger partial charge is 0.0314 e. The molecule has 1 aromatic carbocycles. The Morgan fingerprint density at radius 1 is 1.05 bits per heavy atom. The van der Waals surface area contributed by atoms with Gasteiger partial charge in [-0.05, 0) is 71.2 Å². The summed E-state index contributed by atoms with van der Waals surface area (Å²) < 4.78 is 0. The molecule has 1 aliphatic carbocycles. The molecule has 0 amide bonds. The summed E-state index contributed by atoms with van der Waals surface area (Å²) in [7, 11) is 6.51. The number of anilines is 1. The topological polar surface area (TPSA) is 32.5 Å². The van der Waals surface area contributed by atoms with Crippen LogP contribution in [-0.2, 0) is 5.41 Å². The van der Waals surface area contributed by atoms with Crippen LogP contribution in [0.2, 0.25) is 0 Å². The van der Waals surface area contributed by atoms with Gasteiger partial charge in [-0.3, -0.25) is 0 Å². The maximum absolute atomic E-state index is 5.77. The number of nitrogens with zero attached hydrogens (tertiary/aromatic N) is 2. The van der Waals surface area contributed by atoms with E-state index in [9.17, 15) is 0 Å². The van der Waals surface area contributed by atoms with Crippen molar-refractivity contribution in [2.45, 2.75) is 24.7 Å². The summed E-state index contributed by atoms with van der Waals surface area (Å²) in [6.07, 6.45) is 3.87. The zero-order valence-electron chi connectivity index (χ0n) is 12.5. The summed E-state index contributed by atoms with van der Waals surface area (Å²) in [4.78, 5) is 4.73. The Bertz CT molecular complexity index is 393. The molecule has 0 heterocycles. The standard InChI is InChI=1S/C16H27N3/c1-18(2)11-4-12-19(3)13-16(9-10-16)14-5-7-15(17)8-6-14/h5-8H,4,9-13,17H2,1-3H3. The van der Waals surface area contributed by atoms with Crippen LogP contribution < -0.4 is 5.73 Å². The number of nitrogens with two attached hydrogens (primary N) is 1. The summed E-state index contributed by atoms with van der Waals surface area (Å²) in [5.74, 6) is 0. The van der Waals surface area contributed by atoms with E-state index in [0.717, 1.165) is 5.69 Å². The molecule has 1 saturated carbocycles. The van der Waals surface area contributed by atoms with Crippen LogP contribution in [0.15, 0.2) is 24.3 Å². The molecule has 0 aromatic heterocycles. The predicted octanol–water partition coefficient (Wildman–Crippen LogP) is 2.18. The van der Waals surface area contributed by atoms with Crippen molar-refractivity contribution in [3.05, 3.63) is 29.8 Å². The first-order chi connectivity index (χ1) is 9.02. The van der Waals surface area contributed by atoms with Gasteiger partial charge in [-0.2, -0.15) is 0 Å². The highest BCUT2D eigenvalue weighted by Crippen LogP contribution is 2.48. The molecule has 0 aliphatic heterocycles. The van der Waals surface area contributed by atoms with Crippen molar-refractivity contribution < 1.29 is 0 Å². The van der Waals surface area contributed by atoms with Crippen molar-refractivity contribution in [2.24, 2.45) is 0 Å². The molecule has 0 unspecified atom stereocenters. The van der Waals surface area contributed by atoms with Gasteiger partial charge in [0.25, 0.3) is 0 Å². The number of rotatable bonds is 7. The van der Waals surface area contributed by atoms with Crippen LogP contribution in [0.25, 0.3) is 0 Å². The third-order valence-electron chi connectivity index (χ3n) is 4.09. The first kappa shape index (κ1) is 14.4. The van der Waals surface area contributed by atoms with Gasteiger partial charge < -0.3 is 15.5 Å². The largest absolute Gasteiger partial charge is 0.399 e. The summed E-state index contributed by atoms with van der Waals surface area (Å²) in [6, 6.07) is 8.47. The van der Waals surface area contributed by atoms with Gasteiger partial charge in [0.15, 0.2) is 0 Å². The molecule has 0 spiro atoms. The van der Waals surface area contributed by atoms with E-state index < -0.39 is 0 Å². The highest BCUT2D eigenvalue weighted by Gasteiger charge is 2.44. The van der Waals surface area contributed by atoms with E-state index in [2.05, 4.69) is 43.1 Å². The average molecular weight is 261 g/mol. The Morgan fingerprint density at radius 2 is 1.68 bits per heavy atom. The number of nitrogen functional groups attached to an aromatic ring is 1. The molecule has 1 aromatic rings. The zero-order chi connectivity index (χ0) is 13.9. The number of benzene rings is 1. The van der Waals surface area contributed by atoms with Crippen LogP contribution in [0.5, 0.6) is 0 Å². The van der Waals surface area contributed by atoms with Gasteiger partial charge in [-0.25, -0.2) is 0 Å². The minimum atomic E-state index is 0.403. The quantitative estimate of drug-likeness (QED) is 0.764. The molecule has 1 aliphatic rings. The Balaban J connectivity index is 1.86. The summed E-state index contributed by atoms with van der Waals surface area (Å²) in [6.45, 7) is 3.51. The molecule has 2 rings (SSSR count). The van der Waals surface area contributed by atoms with E-state index in [4.69, 9.17) is 5.73 Å². The molecule has 3 nitrogen and oxygen atoms in total. The fourth-order valence-electron chi connectivity index (χ4n) is 2.78. The van der Waals surface area contributed by atoms with Crippen molar-refractivity contribution in [2.75, 3.05) is 46.5 Å². The third kappa shape index (κ3) is 3.95. The van der Waals surface area contributed by atoms with Crippen LogP contribution in [0.1, 0.15) is 24.8 Å². The normalized spacial score (nSPS) is 17.1. The Kier molecular flexibility index (Phi) is 4.48. The molecule has 2 N–H and O–H groups in total. The van der Waals surface area contributed by atoms with E-state index >= 15 is 0 Å². The highest BCUT2D eigenvalue weighted by molar-refractivity contribution is 5.43. The fourth-order valence-corrected chi connectivity index (χ4v) is 2.78. The lowest BCUT2D eigenvalue weighted by Gasteiger charge is -2.24. The molecule has 1 fully saturated rings. The number of likely N-dealkylation sites (N-methyl/N-ethyl adjacent to an activating group) is 1. The van der Waals surface area contributed by atoms with Crippen LogP contribution in [0, 0.1) is 0 Å². The van der Waals surface area contributed by atoms with Gasteiger partial charge >= 0.3 is 0 Å². The van der Waals surface area contributed by atoms with Crippen molar-refractivity contribution in [3.63, 3.8) is 0 Å². The van der Waals surface area contributed by atoms with E-state index in [1.807, 2.05) is 12.1 Å². The van der Waals surface area contributed by atoms with Crippen molar-refractivity contribution >= 4 is 5.69 Å². The molecule has 106 valence electrons. The number of hydrogen-bond donors (Lipinski definition) is 1. The lowest BCUT2D eigenvalue weighted by Crippen LogP contribution is -2.31. The maximum atomic E-state index is 5.77. The molecular weight excluding hydrogens is 234 g/mol. The molecule has 0 bridgehead atoms. The molecule has 0 atom stereocenters. The summed E-state index contributed by atoms with van der Waals surface area (Å²) in [5.41, 5.74) is 8.49. The Morgan fingerprint density at radius 3 is 2.21 bits per heavy atom. The van der Waals surface area contributed by atoms with Crippen LogP contribution in [0.3, 0.4) is 0 Å². The maximum Gasteiger partial charge on any atom is 0.0314 e. The Labute approximate surface area is 117 Å².